The number of hydrogen-bond donors (Lipinski definition) is 1. The molecule has 0 radical (unpaired) electrons. The van der Waals surface area contributed by atoms with Gasteiger partial charge >= 0.3 is 0 Å². The molecule has 0 spiro atoms. The second-order valence-electron chi connectivity index (χ2n) is 7.63. The zero-order valence-electron chi connectivity index (χ0n) is 18.2. The highest BCUT2D eigenvalue weighted by Gasteiger charge is 2.18. The van der Waals surface area contributed by atoms with Gasteiger partial charge in [0, 0.05) is 0 Å². The number of aromatic nitrogens is 2. The molecule has 2 aromatic heterocycles. The molecule has 4 rings (SSSR count). The van der Waals surface area contributed by atoms with Gasteiger partial charge in [-0.05, 0) is 50.6 Å². The van der Waals surface area contributed by atoms with Crippen LogP contribution in [0.5, 0.6) is 5.75 Å². The number of furan rings is 1. The van der Waals surface area contributed by atoms with Crippen LogP contribution in [0.4, 0.5) is 5.69 Å². The molecule has 0 fully saturated rings. The summed E-state index contributed by atoms with van der Waals surface area (Å²) >= 11 is 6.10. The first-order chi connectivity index (χ1) is 15.4. The van der Waals surface area contributed by atoms with Gasteiger partial charge in [-0.15, -0.1) is 0 Å². The van der Waals surface area contributed by atoms with Crippen molar-refractivity contribution < 1.29 is 13.9 Å². The molecule has 164 valence electrons. The molecule has 0 aliphatic heterocycles. The minimum Gasteiger partial charge on any atom is -0.484 e. The van der Waals surface area contributed by atoms with E-state index in [-0.39, 0.29) is 18.3 Å². The van der Waals surface area contributed by atoms with E-state index in [1.807, 2.05) is 36.7 Å². The molecule has 2 aromatic carbocycles. The Morgan fingerprint density at radius 2 is 1.91 bits per heavy atom. The highest BCUT2D eigenvalue weighted by Crippen LogP contribution is 2.25. The summed E-state index contributed by atoms with van der Waals surface area (Å²) < 4.78 is 13.2. The van der Waals surface area contributed by atoms with Crippen molar-refractivity contribution in [1.82, 2.24) is 9.78 Å². The molecule has 0 bridgehead atoms. The van der Waals surface area contributed by atoms with Gasteiger partial charge in [0.2, 0.25) is 0 Å². The first kappa shape index (κ1) is 21.7. The molecule has 0 aliphatic rings. The van der Waals surface area contributed by atoms with Crippen molar-refractivity contribution in [3.8, 4) is 5.75 Å². The minimum absolute atomic E-state index is 0.170. The number of nitrogens with one attached hydrogen (secondary N) is 1. The van der Waals surface area contributed by atoms with Gasteiger partial charge in [0.15, 0.2) is 5.76 Å². The molecule has 4 aromatic rings. The van der Waals surface area contributed by atoms with E-state index < -0.39 is 0 Å². The summed E-state index contributed by atoms with van der Waals surface area (Å²) in [4.78, 5) is 12.8. The number of carbonyl (C=O) groups excluding carboxylic acids is 1. The summed E-state index contributed by atoms with van der Waals surface area (Å²) in [5.41, 5.74) is 4.67. The lowest BCUT2D eigenvalue weighted by Gasteiger charge is -2.07. The van der Waals surface area contributed by atoms with E-state index in [0.717, 1.165) is 17.0 Å². The van der Waals surface area contributed by atoms with Crippen LogP contribution in [-0.2, 0) is 13.2 Å². The lowest BCUT2D eigenvalue weighted by Crippen LogP contribution is -2.12. The molecule has 0 unspecified atom stereocenters. The van der Waals surface area contributed by atoms with Crippen LogP contribution in [0.25, 0.3) is 0 Å². The normalized spacial score (nSPS) is 10.9. The predicted octanol–water partition coefficient (Wildman–Crippen LogP) is 5.93. The number of para-hydroxylation sites is 1. The highest BCUT2D eigenvalue weighted by molar-refractivity contribution is 6.32. The van der Waals surface area contributed by atoms with Crippen molar-refractivity contribution >= 4 is 23.2 Å². The fourth-order valence-corrected chi connectivity index (χ4v) is 3.67. The Morgan fingerprint density at radius 1 is 1.09 bits per heavy atom. The van der Waals surface area contributed by atoms with Gasteiger partial charge in [0.1, 0.15) is 18.1 Å². The second-order valence-corrected chi connectivity index (χ2v) is 8.04. The molecule has 0 saturated carbocycles. The Labute approximate surface area is 191 Å². The van der Waals surface area contributed by atoms with Crippen LogP contribution in [0.15, 0.2) is 65.1 Å². The van der Waals surface area contributed by atoms with Gasteiger partial charge < -0.3 is 14.5 Å². The number of anilines is 1. The Bertz CT molecular complexity index is 1260. The molecule has 2 heterocycles. The fraction of sp³-hybridized carbons (Fsp3) is 0.200. The molecule has 0 atom stereocenters. The summed E-state index contributed by atoms with van der Waals surface area (Å²) in [5, 5.41) is 8.05. The van der Waals surface area contributed by atoms with E-state index in [9.17, 15) is 4.79 Å². The maximum Gasteiger partial charge on any atom is 0.291 e. The number of ether oxygens (including phenoxy) is 1. The maximum absolute atomic E-state index is 12.8. The predicted molar refractivity (Wildman–Crippen MR) is 124 cm³/mol. The van der Waals surface area contributed by atoms with Crippen molar-refractivity contribution in [3.05, 3.63) is 99.7 Å². The molecule has 1 N–H and O–H groups in total. The van der Waals surface area contributed by atoms with Crippen LogP contribution in [0.2, 0.25) is 5.02 Å². The van der Waals surface area contributed by atoms with Gasteiger partial charge in [-0.2, -0.15) is 5.10 Å². The smallest absolute Gasteiger partial charge is 0.291 e. The second kappa shape index (κ2) is 9.32. The zero-order chi connectivity index (χ0) is 22.7. The zero-order valence-corrected chi connectivity index (χ0v) is 18.9. The molecule has 0 saturated heterocycles. The van der Waals surface area contributed by atoms with Gasteiger partial charge in [0.25, 0.3) is 5.91 Å². The molecular formula is C25H24ClN3O3. The number of benzene rings is 2. The van der Waals surface area contributed by atoms with Crippen molar-refractivity contribution in [2.75, 3.05) is 5.32 Å². The van der Waals surface area contributed by atoms with E-state index in [2.05, 4.69) is 35.5 Å². The average Bonchev–Trinajstić information content (AvgIpc) is 3.34. The van der Waals surface area contributed by atoms with Crippen LogP contribution in [-0.4, -0.2) is 15.7 Å². The maximum atomic E-state index is 12.8. The monoisotopic (exact) mass is 449 g/mol. The van der Waals surface area contributed by atoms with Crippen LogP contribution >= 0.6 is 11.6 Å². The third kappa shape index (κ3) is 4.86. The Kier molecular flexibility index (Phi) is 6.32. The molecule has 7 heteroatoms. The molecular weight excluding hydrogens is 426 g/mol. The van der Waals surface area contributed by atoms with E-state index in [1.165, 1.54) is 5.56 Å². The topological polar surface area (TPSA) is 69.3 Å². The minimum atomic E-state index is -0.338. The van der Waals surface area contributed by atoms with Crippen LogP contribution in [0, 0.1) is 20.8 Å². The third-order valence-corrected chi connectivity index (χ3v) is 5.44. The van der Waals surface area contributed by atoms with Gasteiger partial charge in [-0.3, -0.25) is 9.48 Å². The largest absolute Gasteiger partial charge is 0.484 e. The lowest BCUT2D eigenvalue weighted by molar-refractivity contribution is 0.0992. The summed E-state index contributed by atoms with van der Waals surface area (Å²) in [7, 11) is 0. The Morgan fingerprint density at radius 3 is 2.69 bits per heavy atom. The summed E-state index contributed by atoms with van der Waals surface area (Å²) in [6.45, 7) is 6.68. The SMILES string of the molecule is Cc1cccc(Cn2nc(C)c(NC(=O)c3ccc(COc4ccccc4Cl)o3)c2C)c1. The Hall–Kier alpha value is -3.51. The number of amides is 1. The quantitative estimate of drug-likeness (QED) is 0.379. The molecule has 1 amide bonds. The van der Waals surface area contributed by atoms with E-state index >= 15 is 0 Å². The van der Waals surface area contributed by atoms with Crippen LogP contribution in [0.3, 0.4) is 0 Å². The van der Waals surface area contributed by atoms with E-state index in [0.29, 0.717) is 28.8 Å². The summed E-state index contributed by atoms with van der Waals surface area (Å²) in [5.74, 6) is 0.950. The molecule has 6 nitrogen and oxygen atoms in total. The third-order valence-electron chi connectivity index (χ3n) is 5.13. The molecule has 32 heavy (non-hydrogen) atoms. The van der Waals surface area contributed by atoms with Crippen molar-refractivity contribution in [3.63, 3.8) is 0 Å². The lowest BCUT2D eigenvalue weighted by atomic mass is 10.1. The van der Waals surface area contributed by atoms with Gasteiger partial charge in [-0.1, -0.05) is 53.6 Å². The fourth-order valence-electron chi connectivity index (χ4n) is 3.48. The number of rotatable bonds is 7. The summed E-state index contributed by atoms with van der Waals surface area (Å²) in [6.07, 6.45) is 0. The Balaban J connectivity index is 1.43. The van der Waals surface area contributed by atoms with Gasteiger partial charge in [0.05, 0.1) is 28.6 Å². The van der Waals surface area contributed by atoms with E-state index in [1.54, 1.807) is 24.3 Å². The van der Waals surface area contributed by atoms with E-state index in [4.69, 9.17) is 20.8 Å². The number of aryl methyl sites for hydroxylation is 2. The number of carbonyl (C=O) groups is 1. The van der Waals surface area contributed by atoms with Crippen LogP contribution in [0.1, 0.15) is 38.8 Å². The highest BCUT2D eigenvalue weighted by atomic mass is 35.5. The van der Waals surface area contributed by atoms with Crippen molar-refractivity contribution in [2.24, 2.45) is 0 Å². The summed E-state index contributed by atoms with van der Waals surface area (Å²) in [6, 6.07) is 18.8. The first-order valence-corrected chi connectivity index (χ1v) is 10.7. The van der Waals surface area contributed by atoms with Crippen molar-refractivity contribution in [1.29, 1.82) is 0 Å². The number of hydrogen-bond acceptors (Lipinski definition) is 4. The molecule has 0 aliphatic carbocycles. The number of halogens is 1. The first-order valence-electron chi connectivity index (χ1n) is 10.3. The number of nitrogens with zero attached hydrogens (tertiary/aromatic N) is 2. The van der Waals surface area contributed by atoms with Crippen LogP contribution < -0.4 is 10.1 Å². The standard InChI is InChI=1S/C25H24ClN3O3/c1-16-7-6-8-19(13-16)14-29-18(3)24(17(2)28-29)27-25(30)23-12-11-20(32-23)15-31-22-10-5-4-9-21(22)26/h4-13H,14-15H2,1-3H3,(H,27,30). The average molecular weight is 450 g/mol. The van der Waals surface area contributed by atoms with Gasteiger partial charge in [-0.25, -0.2) is 0 Å². The van der Waals surface area contributed by atoms with Crippen molar-refractivity contribution in [2.45, 2.75) is 33.9 Å².